The number of carbonyl (C=O) groups excluding carboxylic acids is 1. The van der Waals surface area contributed by atoms with Gasteiger partial charge in [-0.3, -0.25) is 4.79 Å². The number of rotatable bonds is 4. The zero-order valence-corrected chi connectivity index (χ0v) is 11.5. The summed E-state index contributed by atoms with van der Waals surface area (Å²) in [6, 6.07) is 0. The van der Waals surface area contributed by atoms with E-state index in [1.54, 1.807) is 7.11 Å². The van der Waals surface area contributed by atoms with Crippen molar-refractivity contribution in [3.8, 4) is 0 Å². The lowest BCUT2D eigenvalue weighted by molar-refractivity contribution is -0.155. The van der Waals surface area contributed by atoms with Crippen LogP contribution < -0.4 is 5.32 Å². The molecule has 1 heterocycles. The molecule has 1 saturated heterocycles. The summed E-state index contributed by atoms with van der Waals surface area (Å²) in [4.78, 5) is 12.5. The molecule has 4 atom stereocenters. The Bertz CT molecular complexity index is 385. The molecule has 0 spiro atoms. The van der Waals surface area contributed by atoms with E-state index in [0.717, 1.165) is 19.4 Å². The minimum Gasteiger partial charge on any atom is -0.383 e. The number of nitrogens with one attached hydrogen (secondary N) is 1. The lowest BCUT2D eigenvalue weighted by atomic mass is 9.66. The number of hydrogen-bond donors (Lipinski definition) is 1. The largest absolute Gasteiger partial charge is 0.383 e. The second-order valence-corrected chi connectivity index (χ2v) is 6.55. The maximum atomic E-state index is 12.5. The van der Waals surface area contributed by atoms with Crippen molar-refractivity contribution in [2.75, 3.05) is 26.9 Å². The number of ether oxygens (including phenoxy) is 2. The first-order valence-corrected chi connectivity index (χ1v) is 6.91. The third-order valence-corrected chi connectivity index (χ3v) is 6.16. The average molecular weight is 253 g/mol. The molecule has 0 radical (unpaired) electrons. The van der Waals surface area contributed by atoms with Crippen molar-refractivity contribution in [3.05, 3.63) is 0 Å². The molecule has 18 heavy (non-hydrogen) atoms. The fraction of sp³-hybridized carbons (Fsp3) is 0.929. The van der Waals surface area contributed by atoms with Gasteiger partial charge in [0.2, 0.25) is 0 Å². The van der Waals surface area contributed by atoms with E-state index in [9.17, 15) is 4.79 Å². The molecule has 4 bridgehead atoms. The first-order chi connectivity index (χ1) is 8.50. The van der Waals surface area contributed by atoms with E-state index in [4.69, 9.17) is 9.47 Å². The van der Waals surface area contributed by atoms with Gasteiger partial charge in [0.25, 0.3) is 5.91 Å². The van der Waals surface area contributed by atoms with E-state index in [0.29, 0.717) is 19.1 Å². The van der Waals surface area contributed by atoms with Crippen LogP contribution in [0.4, 0.5) is 0 Å². The van der Waals surface area contributed by atoms with Gasteiger partial charge < -0.3 is 14.8 Å². The van der Waals surface area contributed by atoms with Crippen LogP contribution in [0, 0.1) is 16.7 Å². The highest BCUT2D eigenvalue weighted by molar-refractivity contribution is 5.88. The van der Waals surface area contributed by atoms with E-state index >= 15 is 0 Å². The zero-order valence-electron chi connectivity index (χ0n) is 11.5. The molecule has 4 heteroatoms. The summed E-state index contributed by atoms with van der Waals surface area (Å²) in [6.45, 7) is 6.42. The van der Waals surface area contributed by atoms with E-state index in [1.165, 1.54) is 6.42 Å². The summed E-state index contributed by atoms with van der Waals surface area (Å²) in [5.41, 5.74) is -0.355. The van der Waals surface area contributed by atoms with Crippen LogP contribution in [0.3, 0.4) is 0 Å². The van der Waals surface area contributed by atoms with Crippen molar-refractivity contribution in [1.29, 1.82) is 0 Å². The van der Waals surface area contributed by atoms with Crippen LogP contribution in [-0.4, -0.2) is 38.4 Å². The highest BCUT2D eigenvalue weighted by Crippen LogP contribution is 2.74. The van der Waals surface area contributed by atoms with Crippen LogP contribution in [0.1, 0.15) is 33.1 Å². The van der Waals surface area contributed by atoms with E-state index in [1.807, 2.05) is 0 Å². The number of carbonyl (C=O) groups is 1. The van der Waals surface area contributed by atoms with Crippen LogP contribution in [-0.2, 0) is 14.3 Å². The third-order valence-electron chi connectivity index (χ3n) is 6.16. The Morgan fingerprint density at radius 2 is 2.28 bits per heavy atom. The lowest BCUT2D eigenvalue weighted by Crippen LogP contribution is -2.55. The minimum atomic E-state index is -0.571. The lowest BCUT2D eigenvalue weighted by Gasteiger charge is -2.39. The Morgan fingerprint density at radius 1 is 1.50 bits per heavy atom. The molecular weight excluding hydrogens is 230 g/mol. The van der Waals surface area contributed by atoms with E-state index < -0.39 is 5.60 Å². The second-order valence-electron chi connectivity index (χ2n) is 6.55. The van der Waals surface area contributed by atoms with Crippen molar-refractivity contribution in [2.45, 2.75) is 38.7 Å². The average Bonchev–Trinajstić information content (AvgIpc) is 2.82. The number of amides is 1. The summed E-state index contributed by atoms with van der Waals surface area (Å²) in [5.74, 6) is 0.734. The zero-order chi connectivity index (χ0) is 13.0. The van der Waals surface area contributed by atoms with Crippen molar-refractivity contribution < 1.29 is 14.3 Å². The molecule has 3 fully saturated rings. The van der Waals surface area contributed by atoms with Gasteiger partial charge >= 0.3 is 0 Å². The van der Waals surface area contributed by atoms with Gasteiger partial charge in [-0.05, 0) is 25.2 Å². The van der Waals surface area contributed by atoms with Gasteiger partial charge in [-0.15, -0.1) is 0 Å². The van der Waals surface area contributed by atoms with Crippen molar-refractivity contribution in [3.63, 3.8) is 0 Å². The maximum absolute atomic E-state index is 12.5. The van der Waals surface area contributed by atoms with Crippen LogP contribution >= 0.6 is 0 Å². The molecule has 2 saturated carbocycles. The van der Waals surface area contributed by atoms with E-state index in [2.05, 4.69) is 19.2 Å². The normalized spacial score (nSPS) is 48.7. The second kappa shape index (κ2) is 3.70. The van der Waals surface area contributed by atoms with Gasteiger partial charge in [0.05, 0.1) is 13.2 Å². The molecular formula is C14H23NO3. The molecule has 0 aromatic rings. The van der Waals surface area contributed by atoms with Crippen LogP contribution in [0.5, 0.6) is 0 Å². The first kappa shape index (κ1) is 12.4. The Kier molecular flexibility index (Phi) is 2.55. The molecule has 2 aliphatic carbocycles. The fourth-order valence-corrected chi connectivity index (χ4v) is 4.67. The summed E-state index contributed by atoms with van der Waals surface area (Å²) in [7, 11) is 1.65. The molecule has 0 aromatic heterocycles. The van der Waals surface area contributed by atoms with Gasteiger partial charge in [-0.1, -0.05) is 13.8 Å². The van der Waals surface area contributed by atoms with Gasteiger partial charge in [-0.25, -0.2) is 0 Å². The molecule has 102 valence electrons. The quantitative estimate of drug-likeness (QED) is 0.769. The SMILES string of the molecule is COCCNC(=O)C12CC3CCC1(C)C3(C)CO2. The molecule has 1 aliphatic heterocycles. The van der Waals surface area contributed by atoms with E-state index in [-0.39, 0.29) is 16.7 Å². The van der Waals surface area contributed by atoms with Gasteiger partial charge in [0.15, 0.2) is 5.60 Å². The van der Waals surface area contributed by atoms with Crippen molar-refractivity contribution in [1.82, 2.24) is 5.32 Å². The summed E-state index contributed by atoms with van der Waals surface area (Å²) >= 11 is 0. The Labute approximate surface area is 108 Å². The predicted molar refractivity (Wildman–Crippen MR) is 67.1 cm³/mol. The molecule has 1 N–H and O–H groups in total. The smallest absolute Gasteiger partial charge is 0.252 e. The molecule has 4 nitrogen and oxygen atoms in total. The van der Waals surface area contributed by atoms with Crippen LogP contribution in [0.15, 0.2) is 0 Å². The maximum Gasteiger partial charge on any atom is 0.252 e. The predicted octanol–water partition coefficient (Wildman–Crippen LogP) is 1.34. The molecule has 3 rings (SSSR count). The van der Waals surface area contributed by atoms with Crippen LogP contribution in [0.2, 0.25) is 0 Å². The molecule has 4 unspecified atom stereocenters. The number of hydrogen-bond acceptors (Lipinski definition) is 3. The first-order valence-electron chi connectivity index (χ1n) is 6.91. The standard InChI is InChI=1S/C14H23NO3/c1-12-9-18-14(11(16)15-6-7-17-3)8-10(12)4-5-13(12,14)2/h10H,4-9H2,1-3H3,(H,15,16). The van der Waals surface area contributed by atoms with Crippen LogP contribution in [0.25, 0.3) is 0 Å². The third kappa shape index (κ3) is 1.16. The van der Waals surface area contributed by atoms with Crippen molar-refractivity contribution >= 4 is 5.91 Å². The summed E-state index contributed by atoms with van der Waals surface area (Å²) in [5, 5.41) is 2.98. The Balaban J connectivity index is 1.82. The Morgan fingerprint density at radius 3 is 2.89 bits per heavy atom. The van der Waals surface area contributed by atoms with Gasteiger partial charge in [-0.2, -0.15) is 0 Å². The van der Waals surface area contributed by atoms with Gasteiger partial charge in [0, 0.05) is 24.5 Å². The molecule has 0 aromatic carbocycles. The monoisotopic (exact) mass is 253 g/mol. The molecule has 1 amide bonds. The Hall–Kier alpha value is -0.610. The highest BCUT2D eigenvalue weighted by atomic mass is 16.5. The topological polar surface area (TPSA) is 47.6 Å². The number of methoxy groups -OCH3 is 1. The van der Waals surface area contributed by atoms with Crippen molar-refractivity contribution in [2.24, 2.45) is 16.7 Å². The summed E-state index contributed by atoms with van der Waals surface area (Å²) < 4.78 is 11.0. The highest BCUT2D eigenvalue weighted by Gasteiger charge is 2.78. The van der Waals surface area contributed by atoms with Gasteiger partial charge in [0.1, 0.15) is 0 Å². The molecule has 3 aliphatic rings. The minimum absolute atomic E-state index is 0.0157. The fourth-order valence-electron chi connectivity index (χ4n) is 4.67. The summed E-state index contributed by atoms with van der Waals surface area (Å²) in [6.07, 6.45) is 3.27.